The van der Waals surface area contributed by atoms with Crippen molar-refractivity contribution >= 4 is 32.5 Å². The second kappa shape index (κ2) is 7.12. The number of hydrogen-bond acceptors (Lipinski definition) is 5. The number of nitrogens with zero attached hydrogens (tertiary/aromatic N) is 2. The van der Waals surface area contributed by atoms with Crippen LogP contribution in [0.15, 0.2) is 54.6 Å². The van der Waals surface area contributed by atoms with Crippen LogP contribution in [0.25, 0.3) is 21.3 Å². The first-order valence-corrected chi connectivity index (χ1v) is 9.16. The fourth-order valence-corrected chi connectivity index (χ4v) is 3.48. The molecule has 0 aliphatic heterocycles. The Bertz CT molecular complexity index is 1120. The monoisotopic (exact) mass is 399 g/mol. The summed E-state index contributed by atoms with van der Waals surface area (Å²) < 4.78 is 40.3. The van der Waals surface area contributed by atoms with E-state index in [0.717, 1.165) is 16.3 Å². The number of hydrogen-bond donors (Lipinski definition) is 2. The molecule has 3 N–H and O–H groups in total. The minimum atomic E-state index is -4.53. The third-order valence-corrected chi connectivity index (χ3v) is 4.95. The average molecular weight is 399 g/mol. The zero-order valence-electron chi connectivity index (χ0n) is 14.4. The van der Waals surface area contributed by atoms with Crippen LogP contribution < -0.4 is 11.1 Å². The molecule has 0 aliphatic carbocycles. The van der Waals surface area contributed by atoms with Gasteiger partial charge >= 0.3 is 6.18 Å². The van der Waals surface area contributed by atoms with E-state index in [2.05, 4.69) is 21.4 Å². The highest BCUT2D eigenvalue weighted by molar-refractivity contribution is 7.22. The molecular weight excluding hydrogens is 385 g/mol. The first-order valence-electron chi connectivity index (χ1n) is 8.35. The molecule has 4 rings (SSSR count). The average Bonchev–Trinajstić information content (AvgIpc) is 3.05. The number of anilines is 2. The van der Waals surface area contributed by atoms with Gasteiger partial charge in [-0.25, -0.2) is 9.97 Å². The Morgan fingerprint density at radius 3 is 2.54 bits per heavy atom. The molecule has 2 aromatic heterocycles. The van der Waals surface area contributed by atoms with E-state index in [1.54, 1.807) is 6.07 Å². The van der Waals surface area contributed by atoms with Crippen LogP contribution in [-0.2, 0) is 12.7 Å². The highest BCUT2D eigenvalue weighted by atomic mass is 32.1. The van der Waals surface area contributed by atoms with E-state index in [1.165, 1.54) is 17.4 Å². The van der Waals surface area contributed by atoms with Gasteiger partial charge < -0.3 is 11.1 Å². The summed E-state index contributed by atoms with van der Waals surface area (Å²) in [7, 11) is 0. The summed E-state index contributed by atoms with van der Waals surface area (Å²) in [6, 6.07) is 18.5. The van der Waals surface area contributed by atoms with Crippen molar-refractivity contribution < 1.29 is 13.2 Å². The summed E-state index contributed by atoms with van der Waals surface area (Å²) in [5.41, 5.74) is 7.39. The maximum absolute atomic E-state index is 13.2. The number of halogens is 3. The summed E-state index contributed by atoms with van der Waals surface area (Å²) in [4.78, 5) is 8.02. The maximum atomic E-state index is 13.2. The predicted octanol–water partition coefficient (Wildman–Crippen LogP) is 5.37. The first-order chi connectivity index (χ1) is 13.4. The van der Waals surface area contributed by atoms with Gasteiger partial charge in [-0.05, 0) is 29.3 Å². The van der Waals surface area contributed by atoms with Crippen LogP contribution in [-0.4, -0.2) is 9.97 Å². The highest BCUT2D eigenvalue weighted by Crippen LogP contribution is 2.35. The normalized spacial score (nSPS) is 11.7. The molecule has 0 fully saturated rings. The van der Waals surface area contributed by atoms with Gasteiger partial charge in [0, 0.05) is 18.2 Å². The lowest BCUT2D eigenvalue weighted by atomic mass is 10.1. The van der Waals surface area contributed by atoms with Gasteiger partial charge in [-0.3, -0.25) is 0 Å². The van der Waals surface area contributed by atoms with Crippen molar-refractivity contribution in [3.63, 3.8) is 0 Å². The van der Waals surface area contributed by atoms with E-state index in [9.17, 15) is 13.2 Å². The molecule has 28 heavy (non-hydrogen) atoms. The van der Waals surface area contributed by atoms with Gasteiger partial charge in [-0.2, -0.15) is 13.2 Å². The molecular formula is C20H14F3N4S. The van der Waals surface area contributed by atoms with Gasteiger partial charge in [0.2, 0.25) is 0 Å². The molecule has 141 valence electrons. The van der Waals surface area contributed by atoms with Crippen LogP contribution in [0.3, 0.4) is 0 Å². The fraction of sp³-hybridized carbons (Fsp3) is 0.100. The van der Waals surface area contributed by atoms with Gasteiger partial charge in [0.25, 0.3) is 0 Å². The summed E-state index contributed by atoms with van der Waals surface area (Å²) in [6.07, 6.45) is -4.53. The lowest BCUT2D eigenvalue weighted by Crippen LogP contribution is -2.11. The Kier molecular flexibility index (Phi) is 4.64. The Morgan fingerprint density at radius 2 is 1.79 bits per heavy atom. The van der Waals surface area contributed by atoms with Crippen molar-refractivity contribution in [3.05, 3.63) is 71.9 Å². The second-order valence-corrected chi connectivity index (χ2v) is 7.13. The standard InChI is InChI=1S/C20H14F3N4S/c21-20(22,23)17-9-7-14(13-6-8-16-15(10-13)26-19(24)28-16)18(27-17)25-11-12-4-2-1-3-5-12/h1-9H,11H2,(H2,24,26)(H,25,27). The first kappa shape index (κ1) is 18.2. The number of alkyl halides is 3. The molecule has 1 radical (unpaired) electrons. The van der Waals surface area contributed by atoms with Crippen molar-refractivity contribution in [2.75, 3.05) is 11.1 Å². The second-order valence-electron chi connectivity index (χ2n) is 6.07. The van der Waals surface area contributed by atoms with Gasteiger partial charge in [0.05, 0.1) is 10.2 Å². The topological polar surface area (TPSA) is 63.8 Å². The smallest absolute Gasteiger partial charge is 0.375 e. The van der Waals surface area contributed by atoms with Crippen LogP contribution >= 0.6 is 11.3 Å². The molecule has 2 aromatic carbocycles. The van der Waals surface area contributed by atoms with Crippen molar-refractivity contribution in [1.29, 1.82) is 0 Å². The van der Waals surface area contributed by atoms with E-state index in [-0.39, 0.29) is 5.82 Å². The molecule has 0 saturated heterocycles. The number of nitrogen functional groups attached to an aromatic ring is 1. The van der Waals surface area contributed by atoms with Crippen LogP contribution in [0, 0.1) is 6.07 Å². The Labute approximate surface area is 162 Å². The van der Waals surface area contributed by atoms with Gasteiger partial charge in [0.15, 0.2) is 5.13 Å². The molecule has 0 bridgehead atoms. The number of nitrogens with two attached hydrogens (primary N) is 1. The number of fused-ring (bicyclic) bond motifs is 1. The molecule has 4 nitrogen and oxygen atoms in total. The van der Waals surface area contributed by atoms with E-state index >= 15 is 0 Å². The van der Waals surface area contributed by atoms with E-state index in [0.29, 0.717) is 28.3 Å². The Balaban J connectivity index is 1.75. The third-order valence-electron chi connectivity index (χ3n) is 4.10. The largest absolute Gasteiger partial charge is 0.433 e. The van der Waals surface area contributed by atoms with Crippen molar-refractivity contribution in [2.24, 2.45) is 0 Å². The third kappa shape index (κ3) is 3.77. The van der Waals surface area contributed by atoms with E-state index in [4.69, 9.17) is 5.73 Å². The molecule has 4 aromatic rings. The Hall–Kier alpha value is -3.13. The molecule has 0 atom stereocenters. The van der Waals surface area contributed by atoms with Crippen LogP contribution in [0.2, 0.25) is 0 Å². The molecule has 2 heterocycles. The Morgan fingerprint density at radius 1 is 1.00 bits per heavy atom. The molecule has 0 amide bonds. The number of pyridine rings is 1. The highest BCUT2D eigenvalue weighted by Gasteiger charge is 2.33. The minimum Gasteiger partial charge on any atom is -0.375 e. The molecule has 0 spiro atoms. The van der Waals surface area contributed by atoms with Crippen LogP contribution in [0.5, 0.6) is 0 Å². The molecule has 8 heteroatoms. The van der Waals surface area contributed by atoms with Crippen LogP contribution in [0.4, 0.5) is 24.1 Å². The number of aromatic nitrogens is 2. The lowest BCUT2D eigenvalue weighted by Gasteiger charge is -2.14. The summed E-state index contributed by atoms with van der Waals surface area (Å²) in [5, 5.41) is 3.43. The maximum Gasteiger partial charge on any atom is 0.433 e. The van der Waals surface area contributed by atoms with E-state index < -0.39 is 11.9 Å². The number of nitrogens with one attached hydrogen (secondary N) is 1. The number of thiazole rings is 1. The number of benzene rings is 2. The zero-order valence-corrected chi connectivity index (χ0v) is 15.2. The molecule has 0 aliphatic rings. The van der Waals surface area contributed by atoms with Crippen LogP contribution in [0.1, 0.15) is 11.3 Å². The van der Waals surface area contributed by atoms with Gasteiger partial charge in [0.1, 0.15) is 11.5 Å². The SMILES string of the molecule is Nc1nc2[c]c(-c3ccc(C(F)(F)F)nc3NCc3ccccc3)ccc2s1. The van der Waals surface area contributed by atoms with Crippen molar-refractivity contribution in [1.82, 2.24) is 9.97 Å². The summed E-state index contributed by atoms with van der Waals surface area (Å²) in [5.74, 6) is 0.137. The minimum absolute atomic E-state index is 0.137. The van der Waals surface area contributed by atoms with E-state index in [1.807, 2.05) is 36.4 Å². The predicted molar refractivity (Wildman–Crippen MR) is 105 cm³/mol. The fourth-order valence-electron chi connectivity index (χ4n) is 2.79. The van der Waals surface area contributed by atoms with Crippen molar-refractivity contribution in [2.45, 2.75) is 12.7 Å². The quantitative estimate of drug-likeness (QED) is 0.484. The van der Waals surface area contributed by atoms with Gasteiger partial charge in [-0.1, -0.05) is 47.7 Å². The molecule has 0 saturated carbocycles. The number of rotatable bonds is 4. The van der Waals surface area contributed by atoms with Crippen molar-refractivity contribution in [3.8, 4) is 11.1 Å². The zero-order chi connectivity index (χ0) is 19.7. The molecule has 0 unspecified atom stereocenters. The van der Waals surface area contributed by atoms with Gasteiger partial charge in [-0.15, -0.1) is 0 Å². The lowest BCUT2D eigenvalue weighted by molar-refractivity contribution is -0.141. The summed E-state index contributed by atoms with van der Waals surface area (Å²) in [6.45, 7) is 0.341. The summed E-state index contributed by atoms with van der Waals surface area (Å²) >= 11 is 1.33.